The molecule has 0 heteroatoms. The van der Waals surface area contributed by atoms with Crippen molar-refractivity contribution in [2.45, 2.75) is 53.9 Å². The van der Waals surface area contributed by atoms with Crippen LogP contribution < -0.4 is 0 Å². The van der Waals surface area contributed by atoms with Crippen molar-refractivity contribution in [3.05, 3.63) is 11.6 Å². The summed E-state index contributed by atoms with van der Waals surface area (Å²) in [5.74, 6) is 0. The zero-order chi connectivity index (χ0) is 8.91. The van der Waals surface area contributed by atoms with Gasteiger partial charge < -0.3 is 0 Å². The van der Waals surface area contributed by atoms with Crippen molar-refractivity contribution in [3.8, 4) is 0 Å². The molecule has 0 aromatic carbocycles. The van der Waals surface area contributed by atoms with Crippen LogP contribution in [0.4, 0.5) is 0 Å². The third kappa shape index (κ3) is 5.06. The Morgan fingerprint density at radius 1 is 1.36 bits per heavy atom. The second-order valence-electron chi connectivity index (χ2n) is 4.23. The van der Waals surface area contributed by atoms with E-state index < -0.39 is 0 Å². The van der Waals surface area contributed by atoms with Gasteiger partial charge in [-0.2, -0.15) is 0 Å². The second-order valence-corrected chi connectivity index (χ2v) is 4.23. The molecule has 0 saturated carbocycles. The largest absolute Gasteiger partial charge is 0.0887 e. The molecule has 0 unspecified atom stereocenters. The average Bonchev–Trinajstić information content (AvgIpc) is 1.86. The summed E-state index contributed by atoms with van der Waals surface area (Å²) in [6.07, 6.45) is 6.09. The molecule has 0 heterocycles. The van der Waals surface area contributed by atoms with Crippen molar-refractivity contribution in [2.75, 3.05) is 0 Å². The van der Waals surface area contributed by atoms with E-state index in [9.17, 15) is 0 Å². The lowest BCUT2D eigenvalue weighted by Crippen LogP contribution is -2.10. The minimum atomic E-state index is 0.505. The minimum absolute atomic E-state index is 0.505. The SMILES string of the molecule is C/C=C(\C)CC(C)(C)CCC. The van der Waals surface area contributed by atoms with E-state index in [4.69, 9.17) is 0 Å². The minimum Gasteiger partial charge on any atom is -0.0887 e. The fraction of sp³-hybridized carbons (Fsp3) is 0.818. The topological polar surface area (TPSA) is 0 Å². The third-order valence-electron chi connectivity index (χ3n) is 2.18. The first-order chi connectivity index (χ1) is 5.02. The molecule has 0 atom stereocenters. The Bertz CT molecular complexity index is 129. The molecule has 0 aliphatic carbocycles. The summed E-state index contributed by atoms with van der Waals surface area (Å²) in [4.78, 5) is 0. The highest BCUT2D eigenvalue weighted by molar-refractivity contribution is 4.99. The van der Waals surface area contributed by atoms with Crippen molar-refractivity contribution < 1.29 is 0 Å². The normalized spacial score (nSPS) is 13.7. The van der Waals surface area contributed by atoms with E-state index in [2.05, 4.69) is 40.7 Å². The van der Waals surface area contributed by atoms with Gasteiger partial charge in [-0.15, -0.1) is 0 Å². The number of allylic oxidation sites excluding steroid dienone is 2. The predicted molar refractivity (Wildman–Crippen MR) is 52.7 cm³/mol. The van der Waals surface area contributed by atoms with Gasteiger partial charge in [0, 0.05) is 0 Å². The Labute approximate surface area is 71.7 Å². The fourth-order valence-electron chi connectivity index (χ4n) is 1.62. The van der Waals surface area contributed by atoms with Crippen LogP contribution in [0, 0.1) is 5.41 Å². The van der Waals surface area contributed by atoms with Crippen LogP contribution in [0.5, 0.6) is 0 Å². The Kier molecular flexibility index (Phi) is 4.48. The molecule has 11 heavy (non-hydrogen) atoms. The van der Waals surface area contributed by atoms with Crippen molar-refractivity contribution >= 4 is 0 Å². The first kappa shape index (κ1) is 10.7. The van der Waals surface area contributed by atoms with Gasteiger partial charge in [-0.1, -0.05) is 38.8 Å². The van der Waals surface area contributed by atoms with Gasteiger partial charge in [-0.05, 0) is 32.1 Å². The zero-order valence-corrected chi connectivity index (χ0v) is 8.70. The van der Waals surface area contributed by atoms with Gasteiger partial charge in [-0.25, -0.2) is 0 Å². The van der Waals surface area contributed by atoms with Gasteiger partial charge in [-0.3, -0.25) is 0 Å². The van der Waals surface area contributed by atoms with E-state index in [-0.39, 0.29) is 0 Å². The van der Waals surface area contributed by atoms with Gasteiger partial charge in [0.25, 0.3) is 0 Å². The predicted octanol–water partition coefficient (Wildman–Crippen LogP) is 4.17. The number of hydrogen-bond donors (Lipinski definition) is 0. The first-order valence-corrected chi connectivity index (χ1v) is 4.63. The molecule has 0 bridgehead atoms. The van der Waals surface area contributed by atoms with Gasteiger partial charge in [0.05, 0.1) is 0 Å². The van der Waals surface area contributed by atoms with Crippen LogP contribution in [0.25, 0.3) is 0 Å². The maximum absolute atomic E-state index is 2.35. The van der Waals surface area contributed by atoms with Crippen LogP contribution in [0.1, 0.15) is 53.9 Å². The van der Waals surface area contributed by atoms with Gasteiger partial charge in [0.1, 0.15) is 0 Å². The molecule has 0 aliphatic heterocycles. The molecule has 0 aromatic rings. The van der Waals surface area contributed by atoms with Crippen molar-refractivity contribution in [1.29, 1.82) is 0 Å². The van der Waals surface area contributed by atoms with E-state index in [1.54, 1.807) is 0 Å². The van der Waals surface area contributed by atoms with Crippen LogP contribution in [-0.4, -0.2) is 0 Å². The van der Waals surface area contributed by atoms with E-state index in [0.29, 0.717) is 5.41 Å². The quantitative estimate of drug-likeness (QED) is 0.533. The molecule has 0 fully saturated rings. The molecule has 0 amide bonds. The molecular weight excluding hydrogens is 132 g/mol. The van der Waals surface area contributed by atoms with E-state index in [1.165, 1.54) is 24.8 Å². The highest BCUT2D eigenvalue weighted by atomic mass is 14.2. The Morgan fingerprint density at radius 2 is 1.91 bits per heavy atom. The molecule has 66 valence electrons. The monoisotopic (exact) mass is 154 g/mol. The van der Waals surface area contributed by atoms with Crippen molar-refractivity contribution in [2.24, 2.45) is 5.41 Å². The lowest BCUT2D eigenvalue weighted by Gasteiger charge is -2.24. The summed E-state index contributed by atoms with van der Waals surface area (Å²) in [5, 5.41) is 0. The molecule has 0 saturated heterocycles. The molecular formula is C11H22. The first-order valence-electron chi connectivity index (χ1n) is 4.63. The van der Waals surface area contributed by atoms with Crippen molar-refractivity contribution in [3.63, 3.8) is 0 Å². The standard InChI is InChI=1S/C11H22/c1-6-8-11(4,5)9-10(3)7-2/h7H,6,8-9H2,1-5H3/b10-7+. The lowest BCUT2D eigenvalue weighted by atomic mass is 9.82. The summed E-state index contributed by atoms with van der Waals surface area (Å²) in [6.45, 7) is 11.3. The number of rotatable bonds is 4. The smallest absolute Gasteiger partial charge is 0.0272 e. The van der Waals surface area contributed by atoms with E-state index in [1.807, 2.05) is 0 Å². The van der Waals surface area contributed by atoms with Crippen molar-refractivity contribution in [1.82, 2.24) is 0 Å². The van der Waals surface area contributed by atoms with Crippen LogP contribution >= 0.6 is 0 Å². The van der Waals surface area contributed by atoms with Crippen LogP contribution in [-0.2, 0) is 0 Å². The van der Waals surface area contributed by atoms with Gasteiger partial charge in [0.15, 0.2) is 0 Å². The molecule has 0 N–H and O–H groups in total. The van der Waals surface area contributed by atoms with Gasteiger partial charge >= 0.3 is 0 Å². The maximum atomic E-state index is 2.35. The summed E-state index contributed by atoms with van der Waals surface area (Å²) >= 11 is 0. The fourth-order valence-corrected chi connectivity index (χ4v) is 1.62. The summed E-state index contributed by atoms with van der Waals surface area (Å²) in [6, 6.07) is 0. The van der Waals surface area contributed by atoms with E-state index >= 15 is 0 Å². The summed E-state index contributed by atoms with van der Waals surface area (Å²) < 4.78 is 0. The molecule has 0 aromatic heterocycles. The highest BCUT2D eigenvalue weighted by Gasteiger charge is 2.16. The molecule has 0 nitrogen and oxygen atoms in total. The Hall–Kier alpha value is -0.260. The summed E-state index contributed by atoms with van der Waals surface area (Å²) in [5.41, 5.74) is 2.02. The highest BCUT2D eigenvalue weighted by Crippen LogP contribution is 2.29. The molecule has 0 rings (SSSR count). The Morgan fingerprint density at radius 3 is 2.27 bits per heavy atom. The molecule has 0 aliphatic rings. The lowest BCUT2D eigenvalue weighted by molar-refractivity contribution is 0.328. The van der Waals surface area contributed by atoms with Gasteiger partial charge in [0.2, 0.25) is 0 Å². The Balaban J connectivity index is 3.90. The number of hydrogen-bond acceptors (Lipinski definition) is 0. The third-order valence-corrected chi connectivity index (χ3v) is 2.18. The molecule has 0 radical (unpaired) electrons. The zero-order valence-electron chi connectivity index (χ0n) is 8.70. The molecule has 0 spiro atoms. The van der Waals surface area contributed by atoms with Crippen LogP contribution in [0.3, 0.4) is 0 Å². The summed E-state index contributed by atoms with van der Waals surface area (Å²) in [7, 11) is 0. The average molecular weight is 154 g/mol. The maximum Gasteiger partial charge on any atom is -0.0272 e. The van der Waals surface area contributed by atoms with E-state index in [0.717, 1.165) is 0 Å². The van der Waals surface area contributed by atoms with Crippen LogP contribution in [0.2, 0.25) is 0 Å². The van der Waals surface area contributed by atoms with Crippen LogP contribution in [0.15, 0.2) is 11.6 Å². The second kappa shape index (κ2) is 4.58.